The smallest absolute Gasteiger partial charge is 0.317 e. The third kappa shape index (κ3) is 5.96. The number of phenols is 1. The Morgan fingerprint density at radius 2 is 2.00 bits per heavy atom. The molecule has 0 unspecified atom stereocenters. The van der Waals surface area contributed by atoms with Gasteiger partial charge in [-0.05, 0) is 44.7 Å². The zero-order valence-corrected chi connectivity index (χ0v) is 19.4. The van der Waals surface area contributed by atoms with Gasteiger partial charge in [0.05, 0.1) is 12.7 Å². The number of Topliss-reactive ketones (excluding diaryl/α,β-unsaturated/α-hetero) is 2. The predicted molar refractivity (Wildman–Crippen MR) is 118 cm³/mol. The van der Waals surface area contributed by atoms with Gasteiger partial charge in [0.1, 0.15) is 28.8 Å². The first kappa shape index (κ1) is 24.6. The second-order valence-electron chi connectivity index (χ2n) is 9.15. The molecular formula is C25H34O6. The Bertz CT molecular complexity index is 869. The first-order valence-electron chi connectivity index (χ1n) is 10.8. The van der Waals surface area contributed by atoms with Gasteiger partial charge in [0.15, 0.2) is 5.78 Å². The van der Waals surface area contributed by atoms with E-state index in [0.717, 1.165) is 5.57 Å². The molecule has 1 heterocycles. The fraction of sp³-hybridized carbons (Fsp3) is 0.560. The zero-order valence-electron chi connectivity index (χ0n) is 19.4. The van der Waals surface area contributed by atoms with Gasteiger partial charge < -0.3 is 14.6 Å². The molecule has 0 spiro atoms. The molecule has 1 saturated heterocycles. The number of cyclic esters (lactones) is 1. The maximum Gasteiger partial charge on any atom is 0.317 e. The van der Waals surface area contributed by atoms with Crippen LogP contribution in [0.5, 0.6) is 11.5 Å². The van der Waals surface area contributed by atoms with Crippen LogP contribution in [0.2, 0.25) is 0 Å². The van der Waals surface area contributed by atoms with E-state index in [1.807, 2.05) is 40.7 Å². The zero-order chi connectivity index (χ0) is 23.3. The third-order valence-corrected chi connectivity index (χ3v) is 6.05. The van der Waals surface area contributed by atoms with Crippen molar-refractivity contribution in [1.82, 2.24) is 0 Å². The molecule has 0 amide bonds. The van der Waals surface area contributed by atoms with Gasteiger partial charge in [-0.2, -0.15) is 0 Å². The molecular weight excluding hydrogens is 396 g/mol. The van der Waals surface area contributed by atoms with Crippen molar-refractivity contribution in [2.24, 2.45) is 17.8 Å². The monoisotopic (exact) mass is 430 g/mol. The quantitative estimate of drug-likeness (QED) is 0.246. The second kappa shape index (κ2) is 10.1. The van der Waals surface area contributed by atoms with E-state index in [2.05, 4.69) is 0 Å². The van der Waals surface area contributed by atoms with Crippen molar-refractivity contribution in [2.75, 3.05) is 7.11 Å². The number of methoxy groups -OCH3 is 1. The Hall–Kier alpha value is -2.63. The van der Waals surface area contributed by atoms with Gasteiger partial charge >= 0.3 is 5.97 Å². The van der Waals surface area contributed by atoms with Gasteiger partial charge in [0.2, 0.25) is 0 Å². The standard InChI is InChI=1S/C25H34O6/c1-15(2)12-18(26)13-16(3)8-7-11-25(5)17(4)22(24(29)31-25)23(28)20-10-9-19(30-6)14-21(20)27/h8-10,14-15,17,22,27H,7,11-13H2,1-6H3/b16-8+/t17-,22+,25+/m1/s1. The van der Waals surface area contributed by atoms with Crippen molar-refractivity contribution in [1.29, 1.82) is 0 Å². The van der Waals surface area contributed by atoms with E-state index in [9.17, 15) is 19.5 Å². The highest BCUT2D eigenvalue weighted by Crippen LogP contribution is 2.42. The average Bonchev–Trinajstić information content (AvgIpc) is 2.88. The molecule has 3 atom stereocenters. The normalized spacial score (nSPS) is 23.7. The summed E-state index contributed by atoms with van der Waals surface area (Å²) in [5.41, 5.74) is 0.290. The number of hydrogen-bond donors (Lipinski definition) is 1. The number of allylic oxidation sites excluding steroid dienone is 2. The number of aromatic hydroxyl groups is 1. The Balaban J connectivity index is 2.06. The first-order chi connectivity index (χ1) is 14.5. The topological polar surface area (TPSA) is 89.9 Å². The van der Waals surface area contributed by atoms with Crippen molar-refractivity contribution in [3.05, 3.63) is 35.4 Å². The number of rotatable bonds is 10. The fourth-order valence-electron chi connectivity index (χ4n) is 4.09. The van der Waals surface area contributed by atoms with E-state index in [4.69, 9.17) is 9.47 Å². The van der Waals surface area contributed by atoms with Gasteiger partial charge in [-0.1, -0.05) is 32.4 Å². The number of ether oxygens (including phenoxy) is 2. The van der Waals surface area contributed by atoms with Crippen LogP contribution in [-0.2, 0) is 14.3 Å². The molecule has 1 aliphatic rings. The van der Waals surface area contributed by atoms with Gasteiger partial charge in [0.25, 0.3) is 0 Å². The van der Waals surface area contributed by atoms with Crippen molar-refractivity contribution < 1.29 is 29.0 Å². The summed E-state index contributed by atoms with van der Waals surface area (Å²) in [5, 5.41) is 10.2. The van der Waals surface area contributed by atoms with Gasteiger partial charge in [-0.15, -0.1) is 0 Å². The molecule has 1 aromatic rings. The number of esters is 1. The van der Waals surface area contributed by atoms with Crippen molar-refractivity contribution in [2.45, 2.75) is 65.9 Å². The summed E-state index contributed by atoms with van der Waals surface area (Å²) in [6.07, 6.45) is 4.20. The molecule has 2 rings (SSSR count). The molecule has 0 bridgehead atoms. The van der Waals surface area contributed by atoms with Crippen LogP contribution in [0.15, 0.2) is 29.8 Å². The minimum atomic E-state index is -0.970. The molecule has 170 valence electrons. The highest BCUT2D eigenvalue weighted by atomic mass is 16.6. The highest BCUT2D eigenvalue weighted by Gasteiger charge is 2.53. The van der Waals surface area contributed by atoms with E-state index in [-0.39, 0.29) is 23.0 Å². The fourth-order valence-corrected chi connectivity index (χ4v) is 4.09. The highest BCUT2D eigenvalue weighted by molar-refractivity contribution is 6.11. The lowest BCUT2D eigenvalue weighted by molar-refractivity contribution is -0.149. The van der Waals surface area contributed by atoms with Crippen molar-refractivity contribution in [3.8, 4) is 11.5 Å². The predicted octanol–water partition coefficient (Wildman–Crippen LogP) is 4.88. The van der Waals surface area contributed by atoms with E-state index in [0.29, 0.717) is 37.4 Å². The van der Waals surface area contributed by atoms with Crippen LogP contribution in [0, 0.1) is 17.8 Å². The molecule has 0 aromatic heterocycles. The molecule has 0 radical (unpaired) electrons. The number of benzene rings is 1. The number of phenolic OH excluding ortho intramolecular Hbond substituents is 1. The molecule has 6 nitrogen and oxygen atoms in total. The molecule has 6 heteroatoms. The summed E-state index contributed by atoms with van der Waals surface area (Å²) in [7, 11) is 1.47. The second-order valence-corrected chi connectivity index (χ2v) is 9.15. The summed E-state index contributed by atoms with van der Waals surface area (Å²) in [5.74, 6) is -1.57. The van der Waals surface area contributed by atoms with Crippen LogP contribution in [0.1, 0.15) is 70.7 Å². The lowest BCUT2D eigenvalue weighted by Crippen LogP contribution is -2.33. The summed E-state index contributed by atoms with van der Waals surface area (Å²) < 4.78 is 10.7. The number of hydrogen-bond acceptors (Lipinski definition) is 6. The molecule has 1 aromatic carbocycles. The molecule has 1 N–H and O–H groups in total. The number of carbonyl (C=O) groups excluding carboxylic acids is 3. The molecule has 1 aliphatic heterocycles. The molecule has 0 aliphatic carbocycles. The van der Waals surface area contributed by atoms with Crippen LogP contribution in [0.3, 0.4) is 0 Å². The summed E-state index contributed by atoms with van der Waals surface area (Å²) >= 11 is 0. The summed E-state index contributed by atoms with van der Waals surface area (Å²) in [4.78, 5) is 37.6. The molecule has 31 heavy (non-hydrogen) atoms. The lowest BCUT2D eigenvalue weighted by atomic mass is 9.77. The van der Waals surface area contributed by atoms with E-state index in [1.165, 1.54) is 19.2 Å². The van der Waals surface area contributed by atoms with Gasteiger partial charge in [0, 0.05) is 24.8 Å². The maximum absolute atomic E-state index is 13.0. The maximum atomic E-state index is 13.0. The van der Waals surface area contributed by atoms with Crippen LogP contribution in [0.25, 0.3) is 0 Å². The van der Waals surface area contributed by atoms with Crippen LogP contribution < -0.4 is 4.74 Å². The van der Waals surface area contributed by atoms with Crippen molar-refractivity contribution in [3.63, 3.8) is 0 Å². The van der Waals surface area contributed by atoms with Crippen molar-refractivity contribution >= 4 is 17.5 Å². The van der Waals surface area contributed by atoms with E-state index < -0.39 is 23.3 Å². The Kier molecular flexibility index (Phi) is 8.04. The Morgan fingerprint density at radius 3 is 2.58 bits per heavy atom. The van der Waals surface area contributed by atoms with E-state index in [1.54, 1.807) is 6.07 Å². The van der Waals surface area contributed by atoms with Crippen LogP contribution >= 0.6 is 0 Å². The summed E-state index contributed by atoms with van der Waals surface area (Å²) in [6, 6.07) is 4.39. The SMILES string of the molecule is COc1ccc(C(=O)[C@H]2C(=O)O[C@@](C)(CC/C=C(\C)CC(=O)CC(C)C)[C@@H]2C)c(O)c1. The van der Waals surface area contributed by atoms with Crippen LogP contribution in [-0.4, -0.2) is 35.4 Å². The number of ketones is 2. The minimum Gasteiger partial charge on any atom is -0.507 e. The van der Waals surface area contributed by atoms with Gasteiger partial charge in [-0.3, -0.25) is 14.4 Å². The average molecular weight is 431 g/mol. The third-order valence-electron chi connectivity index (χ3n) is 6.05. The minimum absolute atomic E-state index is 0.0817. The van der Waals surface area contributed by atoms with Gasteiger partial charge in [-0.25, -0.2) is 0 Å². The summed E-state index contributed by atoms with van der Waals surface area (Å²) in [6.45, 7) is 9.65. The lowest BCUT2D eigenvalue weighted by Gasteiger charge is -2.28. The first-order valence-corrected chi connectivity index (χ1v) is 10.8. The number of carbonyl (C=O) groups is 3. The largest absolute Gasteiger partial charge is 0.507 e. The Morgan fingerprint density at radius 1 is 1.32 bits per heavy atom. The molecule has 1 fully saturated rings. The molecule has 0 saturated carbocycles. The van der Waals surface area contributed by atoms with E-state index >= 15 is 0 Å². The van der Waals surface area contributed by atoms with Crippen LogP contribution in [0.4, 0.5) is 0 Å². The Labute approximate surface area is 184 Å².